The normalized spacial score (nSPS) is 14.5. The molecule has 0 radical (unpaired) electrons. The minimum absolute atomic E-state index is 0.763. The number of hydrogen-bond donors (Lipinski definition) is 0. The van der Waals surface area contributed by atoms with Gasteiger partial charge in [0.15, 0.2) is 0 Å². The fraction of sp³-hybridized carbons (Fsp3) is 0.267. The summed E-state index contributed by atoms with van der Waals surface area (Å²) in [6.45, 7) is 11.8. The Morgan fingerprint density at radius 1 is 0.938 bits per heavy atom. The van der Waals surface area contributed by atoms with Gasteiger partial charge in [-0.25, -0.2) is 0 Å². The van der Waals surface area contributed by atoms with E-state index in [0.29, 0.717) is 0 Å². The molecular formula is C15H21N. The molecule has 1 heteroatoms. The standard InChI is InChI=1S/C15H21N/c1-6-9-13(4)16-14(5)11-12-15(8-3)10-7-2/h6-12H,5H2,1-4H3/b9-6-,10-7?,12-11+,15-8?,16-13?. The lowest BCUT2D eigenvalue weighted by molar-refractivity contribution is 1.41. The molecule has 0 saturated carbocycles. The molecule has 0 aromatic carbocycles. The number of aliphatic imine (C=N–C) groups is 1. The van der Waals surface area contributed by atoms with Crippen LogP contribution in [0.3, 0.4) is 0 Å². The van der Waals surface area contributed by atoms with E-state index in [0.717, 1.165) is 17.0 Å². The lowest BCUT2D eigenvalue weighted by Gasteiger charge is -1.94. The zero-order chi connectivity index (χ0) is 12.4. The van der Waals surface area contributed by atoms with Crippen molar-refractivity contribution in [2.75, 3.05) is 0 Å². The summed E-state index contributed by atoms with van der Waals surface area (Å²) in [5.41, 5.74) is 2.88. The summed E-state index contributed by atoms with van der Waals surface area (Å²) in [5.74, 6) is 0. The predicted molar refractivity (Wildman–Crippen MR) is 74.8 cm³/mol. The molecule has 0 fully saturated rings. The van der Waals surface area contributed by atoms with Gasteiger partial charge in [0.2, 0.25) is 0 Å². The van der Waals surface area contributed by atoms with Crippen molar-refractivity contribution >= 4 is 5.71 Å². The van der Waals surface area contributed by atoms with Crippen LogP contribution >= 0.6 is 0 Å². The van der Waals surface area contributed by atoms with Crippen molar-refractivity contribution in [1.29, 1.82) is 0 Å². The van der Waals surface area contributed by atoms with Crippen LogP contribution in [-0.4, -0.2) is 5.71 Å². The highest BCUT2D eigenvalue weighted by Crippen LogP contribution is 2.04. The third-order valence-electron chi connectivity index (χ3n) is 1.89. The second kappa shape index (κ2) is 8.66. The van der Waals surface area contributed by atoms with Gasteiger partial charge in [-0.15, -0.1) is 0 Å². The average molecular weight is 215 g/mol. The molecule has 0 aliphatic rings. The smallest absolute Gasteiger partial charge is 0.0561 e. The van der Waals surface area contributed by atoms with E-state index < -0.39 is 0 Å². The lowest BCUT2D eigenvalue weighted by Crippen LogP contribution is -1.84. The van der Waals surface area contributed by atoms with Crippen molar-refractivity contribution < 1.29 is 0 Å². The van der Waals surface area contributed by atoms with E-state index in [1.165, 1.54) is 0 Å². The highest BCUT2D eigenvalue weighted by atomic mass is 14.7. The van der Waals surface area contributed by atoms with E-state index in [2.05, 4.69) is 11.6 Å². The van der Waals surface area contributed by atoms with Crippen molar-refractivity contribution in [3.63, 3.8) is 0 Å². The van der Waals surface area contributed by atoms with Crippen LogP contribution in [0.5, 0.6) is 0 Å². The Morgan fingerprint density at radius 3 is 2.06 bits per heavy atom. The van der Waals surface area contributed by atoms with E-state index >= 15 is 0 Å². The Labute approximate surface area is 99.3 Å². The minimum atomic E-state index is 0.763. The molecule has 0 N–H and O–H groups in total. The van der Waals surface area contributed by atoms with Gasteiger partial charge in [0.05, 0.1) is 5.70 Å². The molecule has 0 aromatic heterocycles. The van der Waals surface area contributed by atoms with E-state index in [1.54, 1.807) is 0 Å². The molecule has 86 valence electrons. The Kier molecular flexibility index (Phi) is 7.78. The Hall–Kier alpha value is -1.63. The number of nitrogens with zero attached hydrogens (tertiary/aromatic N) is 1. The first-order valence-electron chi connectivity index (χ1n) is 5.48. The largest absolute Gasteiger partial charge is 0.254 e. The van der Waals surface area contributed by atoms with E-state index in [4.69, 9.17) is 0 Å². The van der Waals surface area contributed by atoms with Crippen LogP contribution in [0, 0.1) is 0 Å². The van der Waals surface area contributed by atoms with Crippen LogP contribution < -0.4 is 0 Å². The first kappa shape index (κ1) is 14.4. The van der Waals surface area contributed by atoms with Gasteiger partial charge in [-0.3, -0.25) is 4.99 Å². The third-order valence-corrected chi connectivity index (χ3v) is 1.89. The summed E-state index contributed by atoms with van der Waals surface area (Å²) < 4.78 is 0. The molecular weight excluding hydrogens is 194 g/mol. The Bertz CT molecular complexity index is 363. The van der Waals surface area contributed by atoms with E-state index in [1.807, 2.05) is 70.2 Å². The quantitative estimate of drug-likeness (QED) is 0.469. The maximum atomic E-state index is 4.33. The topological polar surface area (TPSA) is 12.4 Å². The van der Waals surface area contributed by atoms with Gasteiger partial charge < -0.3 is 0 Å². The van der Waals surface area contributed by atoms with Gasteiger partial charge in [0.1, 0.15) is 0 Å². The number of rotatable bonds is 5. The van der Waals surface area contributed by atoms with Crippen LogP contribution in [0.15, 0.2) is 65.4 Å². The molecule has 0 atom stereocenters. The molecule has 0 rings (SSSR count). The second-order valence-corrected chi connectivity index (χ2v) is 3.37. The van der Waals surface area contributed by atoms with Gasteiger partial charge in [0.25, 0.3) is 0 Å². The summed E-state index contributed by atoms with van der Waals surface area (Å²) in [5, 5.41) is 0. The summed E-state index contributed by atoms with van der Waals surface area (Å²) >= 11 is 0. The molecule has 16 heavy (non-hydrogen) atoms. The van der Waals surface area contributed by atoms with Gasteiger partial charge in [-0.1, -0.05) is 37.0 Å². The van der Waals surface area contributed by atoms with Crippen LogP contribution in [0.1, 0.15) is 27.7 Å². The molecule has 0 amide bonds. The molecule has 0 unspecified atom stereocenters. The first-order valence-corrected chi connectivity index (χ1v) is 5.48. The summed E-state index contributed by atoms with van der Waals surface area (Å²) in [6, 6.07) is 0. The molecule has 0 saturated heterocycles. The van der Waals surface area contributed by atoms with Crippen molar-refractivity contribution in [2.45, 2.75) is 27.7 Å². The fourth-order valence-electron chi connectivity index (χ4n) is 1.18. The summed E-state index contributed by atoms with van der Waals surface area (Å²) in [7, 11) is 0. The second-order valence-electron chi connectivity index (χ2n) is 3.37. The van der Waals surface area contributed by atoms with Gasteiger partial charge in [-0.2, -0.15) is 0 Å². The molecule has 0 aliphatic carbocycles. The maximum Gasteiger partial charge on any atom is 0.0561 e. The molecule has 0 bridgehead atoms. The highest BCUT2D eigenvalue weighted by Gasteiger charge is 1.87. The number of allylic oxidation sites excluding steroid dienone is 8. The molecule has 0 spiro atoms. The van der Waals surface area contributed by atoms with Crippen molar-refractivity contribution in [1.82, 2.24) is 0 Å². The molecule has 0 heterocycles. The van der Waals surface area contributed by atoms with Crippen LogP contribution in [0.2, 0.25) is 0 Å². The van der Waals surface area contributed by atoms with Gasteiger partial charge in [0, 0.05) is 5.71 Å². The molecule has 1 nitrogen and oxygen atoms in total. The summed E-state index contributed by atoms with van der Waals surface area (Å²) in [4.78, 5) is 4.33. The van der Waals surface area contributed by atoms with Crippen molar-refractivity contribution in [2.24, 2.45) is 4.99 Å². The first-order chi connectivity index (χ1) is 7.63. The highest BCUT2D eigenvalue weighted by molar-refractivity contribution is 5.93. The van der Waals surface area contributed by atoms with Crippen LogP contribution in [0.25, 0.3) is 0 Å². The third kappa shape index (κ3) is 6.77. The van der Waals surface area contributed by atoms with Gasteiger partial charge >= 0.3 is 0 Å². The summed E-state index contributed by atoms with van der Waals surface area (Å²) in [6.07, 6.45) is 14.0. The predicted octanol–water partition coefficient (Wildman–Crippen LogP) is 4.62. The zero-order valence-corrected chi connectivity index (χ0v) is 10.7. The van der Waals surface area contributed by atoms with Gasteiger partial charge in [-0.05, 0) is 45.4 Å². The monoisotopic (exact) mass is 215 g/mol. The van der Waals surface area contributed by atoms with E-state index in [-0.39, 0.29) is 0 Å². The zero-order valence-electron chi connectivity index (χ0n) is 10.7. The minimum Gasteiger partial charge on any atom is -0.254 e. The maximum absolute atomic E-state index is 4.33. The Morgan fingerprint density at radius 2 is 1.56 bits per heavy atom. The molecule has 0 aliphatic heterocycles. The van der Waals surface area contributed by atoms with E-state index in [9.17, 15) is 0 Å². The van der Waals surface area contributed by atoms with Crippen LogP contribution in [-0.2, 0) is 0 Å². The molecule has 0 aromatic rings. The number of hydrogen-bond acceptors (Lipinski definition) is 1. The fourth-order valence-corrected chi connectivity index (χ4v) is 1.18. The van der Waals surface area contributed by atoms with Crippen LogP contribution in [0.4, 0.5) is 0 Å². The van der Waals surface area contributed by atoms with Crippen molar-refractivity contribution in [3.05, 3.63) is 60.4 Å². The average Bonchev–Trinajstić information content (AvgIpc) is 2.24. The van der Waals surface area contributed by atoms with Crippen molar-refractivity contribution in [3.8, 4) is 0 Å². The Balaban J connectivity index is 4.57. The lowest BCUT2D eigenvalue weighted by atomic mass is 10.2. The SMILES string of the molecule is C=C(/C=C/C(C=CC)=CC)N=C(C)/C=C\C.